The Balaban J connectivity index is 1.79. The number of esters is 2. The number of rotatable bonds is 40. The van der Waals surface area contributed by atoms with Gasteiger partial charge < -0.3 is 64.2 Å². The topological polar surface area (TPSA) is 231 Å². The van der Waals surface area contributed by atoms with Crippen LogP contribution in [0.1, 0.15) is 181 Å². The Morgan fingerprint density at radius 1 is 0.485 bits per heavy atom. The van der Waals surface area contributed by atoms with Gasteiger partial charge in [0, 0.05) is 12.8 Å². The first-order chi connectivity index (χ1) is 33.0. The molecular formula is C53H92O15. The molecule has 394 valence electrons. The molecule has 0 aliphatic carbocycles. The first-order valence-electron chi connectivity index (χ1n) is 26.3. The van der Waals surface area contributed by atoms with Gasteiger partial charge in [-0.1, -0.05) is 159 Å². The molecule has 2 fully saturated rings. The third-order valence-electron chi connectivity index (χ3n) is 12.4. The maximum Gasteiger partial charge on any atom is 0.306 e. The van der Waals surface area contributed by atoms with E-state index in [0.29, 0.717) is 12.8 Å². The van der Waals surface area contributed by atoms with E-state index in [4.69, 9.17) is 28.4 Å². The molecule has 2 rings (SSSR count). The van der Waals surface area contributed by atoms with E-state index < -0.39 is 99.3 Å². The lowest BCUT2D eigenvalue weighted by Crippen LogP contribution is -2.61. The first kappa shape index (κ1) is 61.6. The lowest BCUT2D eigenvalue weighted by atomic mass is 9.98. The number of carbonyl (C=O) groups is 2. The van der Waals surface area contributed by atoms with Crippen molar-refractivity contribution in [2.45, 2.75) is 248 Å². The van der Waals surface area contributed by atoms with Gasteiger partial charge in [-0.05, 0) is 57.8 Å². The van der Waals surface area contributed by atoms with E-state index in [9.17, 15) is 45.3 Å². The molecule has 2 aliphatic heterocycles. The van der Waals surface area contributed by atoms with E-state index in [1.54, 1.807) is 0 Å². The fraction of sp³-hybridized carbons (Fsp3) is 0.811. The summed E-state index contributed by atoms with van der Waals surface area (Å²) in [4.78, 5) is 25.8. The molecule has 0 saturated carbocycles. The van der Waals surface area contributed by atoms with Crippen LogP contribution in [0.4, 0.5) is 0 Å². The van der Waals surface area contributed by atoms with Crippen LogP contribution in [0.5, 0.6) is 0 Å². The van der Waals surface area contributed by atoms with E-state index in [1.807, 2.05) is 24.3 Å². The van der Waals surface area contributed by atoms with Gasteiger partial charge in [0.25, 0.3) is 0 Å². The van der Waals surface area contributed by atoms with Crippen LogP contribution >= 0.6 is 0 Å². The number of carbonyl (C=O) groups excluding carboxylic acids is 2. The molecular weight excluding hydrogens is 877 g/mol. The van der Waals surface area contributed by atoms with Gasteiger partial charge in [-0.25, -0.2) is 0 Å². The number of aliphatic hydroxyl groups excluding tert-OH is 7. The smallest absolute Gasteiger partial charge is 0.306 e. The van der Waals surface area contributed by atoms with Gasteiger partial charge in [0.1, 0.15) is 55.4 Å². The van der Waals surface area contributed by atoms with Gasteiger partial charge in [-0.2, -0.15) is 0 Å². The Hall–Kier alpha value is -2.54. The highest BCUT2D eigenvalue weighted by molar-refractivity contribution is 5.70. The van der Waals surface area contributed by atoms with Gasteiger partial charge in [0.15, 0.2) is 18.7 Å². The fourth-order valence-corrected chi connectivity index (χ4v) is 8.03. The van der Waals surface area contributed by atoms with Crippen molar-refractivity contribution in [1.29, 1.82) is 0 Å². The monoisotopic (exact) mass is 969 g/mol. The highest BCUT2D eigenvalue weighted by atomic mass is 16.7. The van der Waals surface area contributed by atoms with E-state index in [2.05, 4.69) is 38.2 Å². The number of unbranched alkanes of at least 4 members (excludes halogenated alkanes) is 20. The molecule has 11 atom stereocenters. The van der Waals surface area contributed by atoms with Crippen molar-refractivity contribution < 1.29 is 73.8 Å². The molecule has 7 N–H and O–H groups in total. The predicted octanol–water partition coefficient (Wildman–Crippen LogP) is 7.49. The Morgan fingerprint density at radius 3 is 1.49 bits per heavy atom. The Kier molecular flexibility index (Phi) is 36.3. The van der Waals surface area contributed by atoms with Crippen LogP contribution in [0.15, 0.2) is 48.6 Å². The summed E-state index contributed by atoms with van der Waals surface area (Å²) in [7, 11) is 0. The van der Waals surface area contributed by atoms with Gasteiger partial charge in [-0.3, -0.25) is 9.59 Å². The van der Waals surface area contributed by atoms with Crippen LogP contribution in [0.2, 0.25) is 0 Å². The van der Waals surface area contributed by atoms with Crippen LogP contribution in [0.3, 0.4) is 0 Å². The third kappa shape index (κ3) is 27.7. The largest absolute Gasteiger partial charge is 0.462 e. The summed E-state index contributed by atoms with van der Waals surface area (Å²) in [6.07, 6.45) is 27.2. The second-order valence-electron chi connectivity index (χ2n) is 18.4. The SMILES string of the molecule is CC/C=C/C=C/C=C/CCCCCCCC(=O)OC(COC(=O)CCCCCCCCC/C=C/CCCCCCCCCC)CO[C@@H]1O[C@H](CO[C@@H]2O[C@H](CO)[C@H](O)C(O)C2O)[C@H](O)C(O)C1O. The van der Waals surface area contributed by atoms with Crippen LogP contribution in [0, 0.1) is 0 Å². The maximum absolute atomic E-state index is 13.0. The molecule has 5 unspecified atom stereocenters. The Labute approximate surface area is 408 Å². The summed E-state index contributed by atoms with van der Waals surface area (Å²) in [6, 6.07) is 0. The second kappa shape index (κ2) is 40.1. The van der Waals surface area contributed by atoms with Crippen molar-refractivity contribution in [1.82, 2.24) is 0 Å². The molecule has 68 heavy (non-hydrogen) atoms. The van der Waals surface area contributed by atoms with Crippen LogP contribution < -0.4 is 0 Å². The van der Waals surface area contributed by atoms with E-state index >= 15 is 0 Å². The van der Waals surface area contributed by atoms with Crippen molar-refractivity contribution >= 4 is 11.9 Å². The highest BCUT2D eigenvalue weighted by Gasteiger charge is 2.47. The van der Waals surface area contributed by atoms with Crippen LogP contribution in [0.25, 0.3) is 0 Å². The molecule has 0 amide bonds. The van der Waals surface area contributed by atoms with Crippen molar-refractivity contribution in [3.8, 4) is 0 Å². The Bertz CT molecular complexity index is 1370. The molecule has 0 aromatic heterocycles. The summed E-state index contributed by atoms with van der Waals surface area (Å²) in [5.74, 6) is -0.954. The summed E-state index contributed by atoms with van der Waals surface area (Å²) < 4.78 is 33.5. The van der Waals surface area contributed by atoms with E-state index in [1.165, 1.54) is 70.6 Å². The van der Waals surface area contributed by atoms with E-state index in [-0.39, 0.29) is 19.4 Å². The van der Waals surface area contributed by atoms with Crippen molar-refractivity contribution in [3.05, 3.63) is 48.6 Å². The lowest BCUT2D eigenvalue weighted by molar-refractivity contribution is -0.332. The molecule has 0 bridgehead atoms. The number of allylic oxidation sites excluding steroid dienone is 8. The first-order valence-corrected chi connectivity index (χ1v) is 26.3. The summed E-state index contributed by atoms with van der Waals surface area (Å²) in [5, 5.41) is 72.1. The fourth-order valence-electron chi connectivity index (χ4n) is 8.03. The number of hydrogen-bond donors (Lipinski definition) is 7. The van der Waals surface area contributed by atoms with Crippen molar-refractivity contribution in [3.63, 3.8) is 0 Å². The summed E-state index contributed by atoms with van der Waals surface area (Å²) >= 11 is 0. The standard InChI is InChI=1S/C53H92O15/c1-3-5-7-9-11-13-15-17-18-19-20-21-22-24-25-27-29-31-33-35-44(55)63-38-41(66-45(56)36-34-32-30-28-26-23-16-14-12-10-8-6-4-2)39-64-52-51(62)49(60)47(58)43(68-52)40-65-53-50(61)48(59)46(57)42(37-54)67-53/h6,8,10,12,14,16,19-20,41-43,46-54,57-62H,3-5,7,9,11,13,15,17-18,21-40H2,1-2H3/b8-6+,12-10+,16-14+,20-19+/t41?,42-,43-,46+,47+,48?,49?,50?,51?,52-,53-/m1/s1. The normalized spacial score (nSPS) is 26.1. The average Bonchev–Trinajstić information content (AvgIpc) is 3.33. The van der Waals surface area contributed by atoms with Crippen molar-refractivity contribution in [2.75, 3.05) is 26.4 Å². The Morgan fingerprint density at radius 2 is 0.941 bits per heavy atom. The lowest BCUT2D eigenvalue weighted by Gasteiger charge is -2.42. The minimum absolute atomic E-state index is 0.140. The molecule has 15 nitrogen and oxygen atoms in total. The maximum atomic E-state index is 13.0. The van der Waals surface area contributed by atoms with Gasteiger partial charge in [0.2, 0.25) is 0 Å². The zero-order valence-electron chi connectivity index (χ0n) is 41.6. The predicted molar refractivity (Wildman–Crippen MR) is 261 cm³/mol. The zero-order valence-corrected chi connectivity index (χ0v) is 41.6. The van der Waals surface area contributed by atoms with Crippen LogP contribution in [-0.4, -0.2) is 142 Å². The molecule has 0 spiro atoms. The highest BCUT2D eigenvalue weighted by Crippen LogP contribution is 2.26. The molecule has 0 aromatic carbocycles. The molecule has 15 heteroatoms. The number of hydrogen-bond acceptors (Lipinski definition) is 15. The van der Waals surface area contributed by atoms with Crippen molar-refractivity contribution in [2.24, 2.45) is 0 Å². The second-order valence-corrected chi connectivity index (χ2v) is 18.4. The molecule has 0 aromatic rings. The minimum Gasteiger partial charge on any atom is -0.462 e. The summed E-state index contributed by atoms with van der Waals surface area (Å²) in [6.45, 7) is 2.43. The summed E-state index contributed by atoms with van der Waals surface area (Å²) in [5.41, 5.74) is 0. The molecule has 2 saturated heterocycles. The van der Waals surface area contributed by atoms with Crippen LogP contribution in [-0.2, 0) is 38.0 Å². The molecule has 2 heterocycles. The molecule has 2 aliphatic rings. The minimum atomic E-state index is -1.77. The number of ether oxygens (including phenoxy) is 6. The third-order valence-corrected chi connectivity index (χ3v) is 12.4. The van der Waals surface area contributed by atoms with Gasteiger partial charge in [-0.15, -0.1) is 0 Å². The molecule has 0 radical (unpaired) electrons. The van der Waals surface area contributed by atoms with Gasteiger partial charge in [0.05, 0.1) is 19.8 Å². The van der Waals surface area contributed by atoms with E-state index in [0.717, 1.165) is 70.6 Å². The average molecular weight is 969 g/mol. The van der Waals surface area contributed by atoms with Gasteiger partial charge >= 0.3 is 11.9 Å². The quantitative estimate of drug-likeness (QED) is 0.0137. The zero-order chi connectivity index (χ0) is 49.6. The number of aliphatic hydroxyl groups is 7.